The highest BCUT2D eigenvalue weighted by molar-refractivity contribution is 5.89. The van der Waals surface area contributed by atoms with Gasteiger partial charge in [0.05, 0.1) is 22.7 Å². The van der Waals surface area contributed by atoms with Crippen LogP contribution in [0.5, 0.6) is 0 Å². The van der Waals surface area contributed by atoms with Gasteiger partial charge in [-0.3, -0.25) is 5.10 Å². The molecular weight excluding hydrogens is 360 g/mol. The quantitative estimate of drug-likeness (QED) is 0.411. The predicted octanol–water partition coefficient (Wildman–Crippen LogP) is 4.19. The number of hydrogen-bond acceptors (Lipinski definition) is 4. The van der Waals surface area contributed by atoms with E-state index in [4.69, 9.17) is 10.7 Å². The zero-order valence-corrected chi connectivity index (χ0v) is 17.9. The van der Waals surface area contributed by atoms with E-state index in [1.165, 1.54) is 5.56 Å². The van der Waals surface area contributed by atoms with Crippen molar-refractivity contribution in [3.63, 3.8) is 0 Å². The van der Waals surface area contributed by atoms with Gasteiger partial charge < -0.3 is 16.0 Å². The monoisotopic (exact) mass is 390 g/mol. The summed E-state index contributed by atoms with van der Waals surface area (Å²) < 4.78 is 0. The summed E-state index contributed by atoms with van der Waals surface area (Å²) in [5.41, 5.74) is 12.6. The summed E-state index contributed by atoms with van der Waals surface area (Å²) in [4.78, 5) is 8.49. The standard InChI is InChI=1S/C23H30N6/c1-22(2,3)17-12-14(11-15-13-26-29-19(15)17)21-27-18-8-6-7-16(20(18)28-21)23(4,24)9-10-25-5/h6-8,11-13,25H,9-10,24H2,1-5H3,(H,26,29)(H,27,28). The van der Waals surface area contributed by atoms with Gasteiger partial charge in [0, 0.05) is 16.5 Å². The van der Waals surface area contributed by atoms with Crippen LogP contribution in [0.3, 0.4) is 0 Å². The third kappa shape index (κ3) is 3.54. The summed E-state index contributed by atoms with van der Waals surface area (Å²) >= 11 is 0. The molecule has 0 radical (unpaired) electrons. The number of fused-ring (bicyclic) bond motifs is 2. The molecule has 0 fully saturated rings. The van der Waals surface area contributed by atoms with E-state index in [1.807, 2.05) is 19.3 Å². The summed E-state index contributed by atoms with van der Waals surface area (Å²) in [6.45, 7) is 9.57. The maximum absolute atomic E-state index is 6.67. The smallest absolute Gasteiger partial charge is 0.138 e. The summed E-state index contributed by atoms with van der Waals surface area (Å²) in [5, 5.41) is 11.7. The summed E-state index contributed by atoms with van der Waals surface area (Å²) in [5.74, 6) is 0.852. The van der Waals surface area contributed by atoms with E-state index in [-0.39, 0.29) is 5.41 Å². The number of nitrogens with one attached hydrogen (secondary N) is 3. The molecule has 2 heterocycles. The zero-order chi connectivity index (χ0) is 20.8. The van der Waals surface area contributed by atoms with Gasteiger partial charge in [-0.05, 0) is 61.7 Å². The van der Waals surface area contributed by atoms with Crippen LogP contribution in [-0.4, -0.2) is 33.8 Å². The maximum atomic E-state index is 6.67. The minimum Gasteiger partial charge on any atom is -0.338 e. The summed E-state index contributed by atoms with van der Waals surface area (Å²) in [7, 11) is 1.95. The lowest BCUT2D eigenvalue weighted by atomic mass is 9.84. The number of nitrogens with two attached hydrogens (primary N) is 1. The van der Waals surface area contributed by atoms with Crippen molar-refractivity contribution < 1.29 is 0 Å². The topological polar surface area (TPSA) is 95.4 Å². The highest BCUT2D eigenvalue weighted by atomic mass is 15.1. The number of nitrogens with zero attached hydrogens (tertiary/aromatic N) is 2. The van der Waals surface area contributed by atoms with E-state index in [0.29, 0.717) is 0 Å². The molecule has 0 bridgehead atoms. The molecule has 0 aliphatic carbocycles. The molecule has 6 nitrogen and oxygen atoms in total. The van der Waals surface area contributed by atoms with Crippen molar-refractivity contribution >= 4 is 21.9 Å². The van der Waals surface area contributed by atoms with Crippen LogP contribution in [0.4, 0.5) is 0 Å². The number of imidazole rings is 1. The minimum absolute atomic E-state index is 0.0129. The lowest BCUT2D eigenvalue weighted by Gasteiger charge is -2.25. The van der Waals surface area contributed by atoms with Gasteiger partial charge >= 0.3 is 0 Å². The van der Waals surface area contributed by atoms with Crippen LogP contribution < -0.4 is 11.1 Å². The fourth-order valence-electron chi connectivity index (χ4n) is 3.93. The Bertz CT molecular complexity index is 1160. The van der Waals surface area contributed by atoms with Crippen LogP contribution in [0.2, 0.25) is 0 Å². The highest BCUT2D eigenvalue weighted by Crippen LogP contribution is 2.35. The lowest BCUT2D eigenvalue weighted by Crippen LogP contribution is -2.36. The van der Waals surface area contributed by atoms with E-state index >= 15 is 0 Å². The molecule has 0 saturated heterocycles. The number of aromatic amines is 2. The minimum atomic E-state index is -0.458. The fraction of sp³-hybridized carbons (Fsp3) is 0.391. The van der Waals surface area contributed by atoms with E-state index in [0.717, 1.165) is 51.9 Å². The lowest BCUT2D eigenvalue weighted by molar-refractivity contribution is 0.446. The molecular formula is C23H30N6. The Morgan fingerprint density at radius 1 is 1.10 bits per heavy atom. The van der Waals surface area contributed by atoms with Crippen LogP contribution in [0.15, 0.2) is 36.5 Å². The van der Waals surface area contributed by atoms with Gasteiger partial charge in [0.25, 0.3) is 0 Å². The molecule has 0 spiro atoms. The molecule has 0 aliphatic rings. The average molecular weight is 391 g/mol. The molecule has 152 valence electrons. The number of hydrogen-bond donors (Lipinski definition) is 4. The van der Waals surface area contributed by atoms with Crippen molar-refractivity contribution in [1.82, 2.24) is 25.5 Å². The second kappa shape index (κ2) is 6.97. The third-order valence-electron chi connectivity index (χ3n) is 5.65. The number of aromatic nitrogens is 4. The molecule has 0 saturated carbocycles. The second-order valence-electron chi connectivity index (χ2n) is 9.17. The third-order valence-corrected chi connectivity index (χ3v) is 5.65. The second-order valence-corrected chi connectivity index (χ2v) is 9.17. The van der Waals surface area contributed by atoms with Crippen LogP contribution in [0.1, 0.15) is 45.2 Å². The van der Waals surface area contributed by atoms with Gasteiger partial charge in [-0.25, -0.2) is 4.98 Å². The van der Waals surface area contributed by atoms with Crippen molar-refractivity contribution in [2.75, 3.05) is 13.6 Å². The molecule has 29 heavy (non-hydrogen) atoms. The first-order valence-corrected chi connectivity index (χ1v) is 10.1. The van der Waals surface area contributed by atoms with Gasteiger partial charge in [-0.1, -0.05) is 32.9 Å². The molecule has 5 N–H and O–H groups in total. The fourth-order valence-corrected chi connectivity index (χ4v) is 3.93. The van der Waals surface area contributed by atoms with Crippen molar-refractivity contribution in [2.24, 2.45) is 5.73 Å². The van der Waals surface area contributed by atoms with Crippen LogP contribution in [0, 0.1) is 0 Å². The van der Waals surface area contributed by atoms with Gasteiger partial charge in [-0.15, -0.1) is 0 Å². The van der Waals surface area contributed by atoms with Crippen molar-refractivity contribution in [1.29, 1.82) is 0 Å². The van der Waals surface area contributed by atoms with Gasteiger partial charge in [0.2, 0.25) is 0 Å². The maximum Gasteiger partial charge on any atom is 0.138 e. The SMILES string of the molecule is CNCCC(C)(N)c1cccc2[nH]c(-c3cc(C(C)(C)C)c4[nH]ncc4c3)nc12. The number of para-hydroxylation sites is 1. The highest BCUT2D eigenvalue weighted by Gasteiger charge is 2.25. The number of H-pyrrole nitrogens is 2. The molecule has 4 rings (SSSR count). The van der Waals surface area contributed by atoms with E-state index < -0.39 is 5.54 Å². The molecule has 4 aromatic rings. The van der Waals surface area contributed by atoms with Gasteiger partial charge in [0.1, 0.15) is 5.82 Å². The molecule has 6 heteroatoms. The first kappa shape index (κ1) is 19.6. The van der Waals surface area contributed by atoms with Crippen LogP contribution in [0.25, 0.3) is 33.3 Å². The van der Waals surface area contributed by atoms with Crippen molar-refractivity contribution in [3.8, 4) is 11.4 Å². The Morgan fingerprint density at radius 2 is 1.90 bits per heavy atom. The van der Waals surface area contributed by atoms with E-state index in [9.17, 15) is 0 Å². The zero-order valence-electron chi connectivity index (χ0n) is 17.9. The Labute approximate surface area is 171 Å². The predicted molar refractivity (Wildman–Crippen MR) is 120 cm³/mol. The first-order chi connectivity index (χ1) is 13.7. The largest absolute Gasteiger partial charge is 0.338 e. The first-order valence-electron chi connectivity index (χ1n) is 10.1. The van der Waals surface area contributed by atoms with Gasteiger partial charge in [0.15, 0.2) is 0 Å². The molecule has 1 unspecified atom stereocenters. The summed E-state index contributed by atoms with van der Waals surface area (Å²) in [6, 6.07) is 10.5. The Balaban J connectivity index is 1.87. The Morgan fingerprint density at radius 3 is 2.62 bits per heavy atom. The normalized spacial score (nSPS) is 14.6. The summed E-state index contributed by atoms with van der Waals surface area (Å²) in [6.07, 6.45) is 2.71. The van der Waals surface area contributed by atoms with E-state index in [1.54, 1.807) is 0 Å². The Kier molecular flexibility index (Phi) is 4.71. The van der Waals surface area contributed by atoms with Crippen LogP contribution >= 0.6 is 0 Å². The molecule has 2 aromatic carbocycles. The molecule has 1 atom stereocenters. The molecule has 0 amide bonds. The number of benzene rings is 2. The van der Waals surface area contributed by atoms with Crippen molar-refractivity contribution in [2.45, 2.75) is 45.1 Å². The molecule has 2 aromatic heterocycles. The van der Waals surface area contributed by atoms with Crippen LogP contribution in [-0.2, 0) is 11.0 Å². The van der Waals surface area contributed by atoms with Crippen molar-refractivity contribution in [3.05, 3.63) is 47.7 Å². The Hall–Kier alpha value is -2.70. The average Bonchev–Trinajstić information content (AvgIpc) is 3.30. The van der Waals surface area contributed by atoms with Gasteiger partial charge in [-0.2, -0.15) is 5.10 Å². The number of rotatable bonds is 5. The van der Waals surface area contributed by atoms with E-state index in [2.05, 4.69) is 72.5 Å². The molecule has 0 aliphatic heterocycles.